The fourth-order valence-electron chi connectivity index (χ4n) is 2.57. The number of halogens is 3. The van der Waals surface area contributed by atoms with Crippen LogP contribution in [0.5, 0.6) is 0 Å². The molecule has 1 heterocycles. The molecule has 1 aromatic carbocycles. The number of hydrogen-bond donors (Lipinski definition) is 1. The van der Waals surface area contributed by atoms with E-state index in [4.69, 9.17) is 4.74 Å². The number of benzene rings is 1. The smallest absolute Gasteiger partial charge is 0.416 e. The predicted molar refractivity (Wildman–Crippen MR) is 94.4 cm³/mol. The summed E-state index contributed by atoms with van der Waals surface area (Å²) in [5, 5.41) is 2.66. The Hall–Kier alpha value is -2.71. The molecule has 1 aliphatic rings. The monoisotopic (exact) mass is 385 g/mol. The first-order chi connectivity index (χ1) is 12.7. The highest BCUT2D eigenvalue weighted by molar-refractivity contribution is 5.86. The van der Waals surface area contributed by atoms with E-state index in [1.807, 2.05) is 4.90 Å². The number of esters is 1. The summed E-state index contributed by atoms with van der Waals surface area (Å²) in [4.78, 5) is 26.9. The van der Waals surface area contributed by atoms with E-state index in [-0.39, 0.29) is 19.2 Å². The molecule has 0 radical (unpaired) electrons. The maximum Gasteiger partial charge on any atom is 0.416 e. The number of hydrogen-bond acceptors (Lipinski definition) is 4. The fraction of sp³-hybridized carbons (Fsp3) is 0.444. The van der Waals surface area contributed by atoms with Crippen LogP contribution in [0, 0.1) is 0 Å². The fourth-order valence-corrected chi connectivity index (χ4v) is 2.57. The minimum atomic E-state index is -4.35. The zero-order valence-corrected chi connectivity index (χ0v) is 15.0. The van der Waals surface area contributed by atoms with Gasteiger partial charge in [0.15, 0.2) is 0 Å². The van der Waals surface area contributed by atoms with Crippen LogP contribution in [0.15, 0.2) is 36.4 Å². The van der Waals surface area contributed by atoms with Crippen molar-refractivity contribution in [3.63, 3.8) is 0 Å². The lowest BCUT2D eigenvalue weighted by Crippen LogP contribution is -2.52. The minimum Gasteiger partial charge on any atom is -0.460 e. The molecule has 1 aliphatic heterocycles. The van der Waals surface area contributed by atoms with Crippen molar-refractivity contribution in [2.24, 2.45) is 0 Å². The van der Waals surface area contributed by atoms with Gasteiger partial charge >= 0.3 is 18.2 Å². The summed E-state index contributed by atoms with van der Waals surface area (Å²) in [5.74, 6) is -0.505. The Morgan fingerprint density at radius 3 is 2.26 bits per heavy atom. The largest absolute Gasteiger partial charge is 0.460 e. The van der Waals surface area contributed by atoms with Gasteiger partial charge < -0.3 is 19.9 Å². The molecule has 0 saturated carbocycles. The van der Waals surface area contributed by atoms with Crippen molar-refractivity contribution in [2.75, 3.05) is 44.2 Å². The normalized spacial score (nSPS) is 14.7. The zero-order chi connectivity index (χ0) is 20.0. The molecule has 6 nitrogen and oxygen atoms in total. The third-order valence-electron chi connectivity index (χ3n) is 4.09. The number of carbonyl (C=O) groups is 2. The Balaban J connectivity index is 1.75. The number of nitrogens with one attached hydrogen (secondary N) is 1. The SMILES string of the molecule is C=C(C)C(=O)OCCNC(=O)N1CCN(c2ccc(C(F)(F)F)cc2)CC1. The summed E-state index contributed by atoms with van der Waals surface area (Å²) in [6, 6.07) is 4.72. The highest BCUT2D eigenvalue weighted by Crippen LogP contribution is 2.30. The number of carbonyl (C=O) groups excluding carboxylic acids is 2. The lowest BCUT2D eigenvalue weighted by molar-refractivity contribution is -0.139. The number of anilines is 1. The minimum absolute atomic E-state index is 0.0585. The summed E-state index contributed by atoms with van der Waals surface area (Å²) < 4.78 is 42.7. The van der Waals surface area contributed by atoms with E-state index in [0.29, 0.717) is 37.4 Å². The van der Waals surface area contributed by atoms with Crippen LogP contribution < -0.4 is 10.2 Å². The Morgan fingerprint density at radius 1 is 1.15 bits per heavy atom. The van der Waals surface area contributed by atoms with Gasteiger partial charge in [-0.1, -0.05) is 6.58 Å². The van der Waals surface area contributed by atoms with Crippen LogP contribution in [-0.4, -0.2) is 56.2 Å². The Morgan fingerprint density at radius 2 is 1.74 bits per heavy atom. The van der Waals surface area contributed by atoms with Crippen molar-refractivity contribution in [1.82, 2.24) is 10.2 Å². The summed E-state index contributed by atoms with van der Waals surface area (Å²) in [6.45, 7) is 7.17. The Kier molecular flexibility index (Phi) is 6.70. The highest BCUT2D eigenvalue weighted by atomic mass is 19.4. The zero-order valence-electron chi connectivity index (χ0n) is 15.0. The van der Waals surface area contributed by atoms with Gasteiger partial charge in [0, 0.05) is 37.4 Å². The second kappa shape index (κ2) is 8.79. The van der Waals surface area contributed by atoms with Gasteiger partial charge in [-0.25, -0.2) is 9.59 Å². The second-order valence-electron chi connectivity index (χ2n) is 6.17. The van der Waals surface area contributed by atoms with Gasteiger partial charge in [-0.15, -0.1) is 0 Å². The molecule has 1 aromatic rings. The number of alkyl halides is 3. The van der Waals surface area contributed by atoms with E-state index < -0.39 is 17.7 Å². The number of ether oxygens (including phenoxy) is 1. The first-order valence-electron chi connectivity index (χ1n) is 8.46. The number of rotatable bonds is 5. The Labute approximate surface area is 155 Å². The van der Waals surface area contributed by atoms with Crippen molar-refractivity contribution >= 4 is 17.7 Å². The first-order valence-corrected chi connectivity index (χ1v) is 8.46. The molecule has 0 unspecified atom stereocenters. The van der Waals surface area contributed by atoms with Gasteiger partial charge in [-0.05, 0) is 31.2 Å². The molecular weight excluding hydrogens is 363 g/mol. The summed E-state index contributed by atoms with van der Waals surface area (Å²) in [6.07, 6.45) is -4.35. The summed E-state index contributed by atoms with van der Waals surface area (Å²) in [5.41, 5.74) is 0.298. The number of piperazine rings is 1. The van der Waals surface area contributed by atoms with Crippen molar-refractivity contribution in [3.05, 3.63) is 42.0 Å². The van der Waals surface area contributed by atoms with Gasteiger partial charge in [-0.2, -0.15) is 13.2 Å². The summed E-state index contributed by atoms with van der Waals surface area (Å²) >= 11 is 0. The van der Waals surface area contributed by atoms with Crippen molar-refractivity contribution in [3.8, 4) is 0 Å². The van der Waals surface area contributed by atoms with E-state index in [1.165, 1.54) is 19.1 Å². The molecule has 9 heteroatoms. The van der Waals surface area contributed by atoms with Gasteiger partial charge in [0.1, 0.15) is 6.61 Å². The average molecular weight is 385 g/mol. The highest BCUT2D eigenvalue weighted by Gasteiger charge is 2.30. The van der Waals surface area contributed by atoms with Gasteiger partial charge in [0.2, 0.25) is 0 Å². The molecule has 1 fully saturated rings. The average Bonchev–Trinajstić information content (AvgIpc) is 2.64. The lowest BCUT2D eigenvalue weighted by atomic mass is 10.1. The van der Waals surface area contributed by atoms with Crippen molar-refractivity contribution in [1.29, 1.82) is 0 Å². The molecule has 1 N–H and O–H groups in total. The third-order valence-corrected chi connectivity index (χ3v) is 4.09. The summed E-state index contributed by atoms with van der Waals surface area (Å²) in [7, 11) is 0. The topological polar surface area (TPSA) is 61.9 Å². The quantitative estimate of drug-likeness (QED) is 0.481. The van der Waals surface area contributed by atoms with E-state index in [9.17, 15) is 22.8 Å². The maximum absolute atomic E-state index is 12.6. The van der Waals surface area contributed by atoms with Crippen molar-refractivity contribution in [2.45, 2.75) is 13.1 Å². The van der Waals surface area contributed by atoms with Crippen LogP contribution in [0.25, 0.3) is 0 Å². The molecule has 0 atom stereocenters. The van der Waals surface area contributed by atoms with Gasteiger partial charge in [0.25, 0.3) is 0 Å². The first kappa shape index (κ1) is 20.6. The molecule has 1 saturated heterocycles. The standard InChI is InChI=1S/C18H22F3N3O3/c1-13(2)16(25)27-12-7-22-17(26)24-10-8-23(9-11-24)15-5-3-14(4-6-15)18(19,20)21/h3-6H,1,7-12H2,2H3,(H,22,26). The lowest BCUT2D eigenvalue weighted by Gasteiger charge is -2.36. The molecule has 27 heavy (non-hydrogen) atoms. The molecule has 0 aliphatic carbocycles. The van der Waals surface area contributed by atoms with E-state index >= 15 is 0 Å². The van der Waals surface area contributed by atoms with E-state index in [2.05, 4.69) is 11.9 Å². The molecule has 2 rings (SSSR count). The van der Waals surface area contributed by atoms with E-state index in [1.54, 1.807) is 4.90 Å². The predicted octanol–water partition coefficient (Wildman–Crippen LogP) is 2.66. The second-order valence-corrected chi connectivity index (χ2v) is 6.17. The van der Waals surface area contributed by atoms with Gasteiger partial charge in [0.05, 0.1) is 12.1 Å². The van der Waals surface area contributed by atoms with Gasteiger partial charge in [-0.3, -0.25) is 0 Å². The van der Waals surface area contributed by atoms with Crippen molar-refractivity contribution < 1.29 is 27.5 Å². The Bertz CT molecular complexity index is 681. The molecule has 0 spiro atoms. The number of urea groups is 1. The maximum atomic E-state index is 12.6. The molecule has 0 bridgehead atoms. The number of nitrogens with zero attached hydrogens (tertiary/aromatic N) is 2. The van der Waals surface area contributed by atoms with Crippen LogP contribution in [0.3, 0.4) is 0 Å². The van der Waals surface area contributed by atoms with Crippen LogP contribution in [0.2, 0.25) is 0 Å². The van der Waals surface area contributed by atoms with E-state index in [0.717, 1.165) is 12.1 Å². The molecular formula is C18H22F3N3O3. The molecule has 148 valence electrons. The van der Waals surface area contributed by atoms with Crippen LogP contribution >= 0.6 is 0 Å². The third kappa shape index (κ3) is 5.90. The van der Waals surface area contributed by atoms with Crippen LogP contribution in [-0.2, 0) is 15.7 Å². The van der Waals surface area contributed by atoms with Crippen LogP contribution in [0.4, 0.5) is 23.7 Å². The number of amides is 2. The van der Waals surface area contributed by atoms with Crippen LogP contribution in [0.1, 0.15) is 12.5 Å². The molecule has 2 amide bonds. The molecule has 0 aromatic heterocycles.